The molecule has 17 heteroatoms. The van der Waals surface area contributed by atoms with Crippen molar-refractivity contribution in [2.24, 2.45) is 16.6 Å². The average molecular weight is 1070 g/mol. The summed E-state index contributed by atoms with van der Waals surface area (Å²) >= 11 is 5.82. The predicted octanol–water partition coefficient (Wildman–Crippen LogP) is 10.1. The van der Waals surface area contributed by atoms with Crippen molar-refractivity contribution in [3.8, 4) is 11.5 Å². The molecule has 8 aromatic rings. The van der Waals surface area contributed by atoms with E-state index in [1.54, 1.807) is 14.2 Å². The molecule has 2 saturated heterocycles. The number of carboxylic acid groups (broad SMARTS) is 1. The Morgan fingerprint density at radius 1 is 0.692 bits per heavy atom. The van der Waals surface area contributed by atoms with Gasteiger partial charge in [0.1, 0.15) is 11.6 Å². The number of ether oxygens (including phenoxy) is 2. The first-order valence-corrected chi connectivity index (χ1v) is 26.7. The quantitative estimate of drug-likeness (QED) is 0.0650. The van der Waals surface area contributed by atoms with Gasteiger partial charge in [0.15, 0.2) is 11.5 Å². The predicted molar refractivity (Wildman–Crippen MR) is 305 cm³/mol. The lowest BCUT2D eigenvalue weighted by atomic mass is 9.73. The first-order chi connectivity index (χ1) is 37.9. The third kappa shape index (κ3) is 13.2. The van der Waals surface area contributed by atoms with Crippen LogP contribution in [0.2, 0.25) is 5.02 Å². The number of amides is 1. The summed E-state index contributed by atoms with van der Waals surface area (Å²) < 4.78 is 24.8. The van der Waals surface area contributed by atoms with E-state index in [-0.39, 0.29) is 16.3 Å². The molecule has 2 aliphatic heterocycles. The summed E-state index contributed by atoms with van der Waals surface area (Å²) in [7, 11) is 3.27. The number of hydrogen-bond donors (Lipinski definition) is 5. The molecule has 1 saturated carbocycles. The number of carbonyl (C=O) groups is 2. The number of carboxylic acids is 1. The summed E-state index contributed by atoms with van der Waals surface area (Å²) in [5.74, 6) is 1.73. The first-order valence-electron chi connectivity index (χ1n) is 26.3. The number of carbonyl (C=O) groups excluding carboxylic acids is 1. The van der Waals surface area contributed by atoms with Gasteiger partial charge in [0, 0.05) is 56.8 Å². The van der Waals surface area contributed by atoms with Crippen molar-refractivity contribution in [2.75, 3.05) is 55.5 Å². The second kappa shape index (κ2) is 24.9. The largest absolute Gasteiger partial charge is 0.493 e. The average Bonchev–Trinajstić information content (AvgIpc) is 4.37. The van der Waals surface area contributed by atoms with E-state index in [2.05, 4.69) is 37.6 Å². The van der Waals surface area contributed by atoms with Crippen LogP contribution in [0.5, 0.6) is 11.5 Å². The molecule has 404 valence electrons. The van der Waals surface area contributed by atoms with Crippen molar-refractivity contribution >= 4 is 63.0 Å². The number of nitrogens with two attached hydrogens (primary N) is 1. The third-order valence-electron chi connectivity index (χ3n) is 14.9. The third-order valence-corrected chi connectivity index (χ3v) is 15.2. The molecule has 1 amide bonds. The molecule has 0 unspecified atom stereocenters. The van der Waals surface area contributed by atoms with Crippen LogP contribution in [0.15, 0.2) is 150 Å². The smallest absolute Gasteiger partial charge is 0.310 e. The first kappa shape index (κ1) is 54.7. The van der Waals surface area contributed by atoms with Crippen LogP contribution < -0.4 is 41.2 Å². The van der Waals surface area contributed by atoms with Gasteiger partial charge in [-0.1, -0.05) is 133 Å². The Labute approximate surface area is 458 Å². The molecule has 3 aliphatic rings. The van der Waals surface area contributed by atoms with E-state index in [4.69, 9.17) is 36.8 Å². The number of aromatic nitrogens is 4. The Kier molecular flexibility index (Phi) is 17.5. The van der Waals surface area contributed by atoms with Crippen LogP contribution in [0.1, 0.15) is 60.8 Å². The number of methoxy groups -OCH3 is 2. The Hall–Kier alpha value is -8.08. The van der Waals surface area contributed by atoms with Crippen molar-refractivity contribution in [3.63, 3.8) is 0 Å². The van der Waals surface area contributed by atoms with Gasteiger partial charge >= 0.3 is 5.97 Å². The van der Waals surface area contributed by atoms with Crippen LogP contribution in [-0.2, 0) is 35.5 Å². The highest BCUT2D eigenvalue weighted by Gasteiger charge is 2.43. The van der Waals surface area contributed by atoms with E-state index >= 15 is 0 Å². The van der Waals surface area contributed by atoms with Crippen molar-refractivity contribution in [2.45, 2.75) is 70.5 Å². The lowest BCUT2D eigenvalue weighted by molar-refractivity contribution is -0.150. The number of hydrogen-bond acceptors (Lipinski definition) is 12. The highest BCUT2D eigenvalue weighted by Crippen LogP contribution is 2.41. The van der Waals surface area contributed by atoms with Crippen molar-refractivity contribution in [3.05, 3.63) is 189 Å². The van der Waals surface area contributed by atoms with Crippen LogP contribution >= 0.6 is 11.6 Å². The maximum absolute atomic E-state index is 13.8. The number of nitrogens with one attached hydrogen (secondary N) is 3. The maximum atomic E-state index is 13.8. The molecule has 6 aromatic carbocycles. The van der Waals surface area contributed by atoms with Gasteiger partial charge in [-0.3, -0.25) is 19.4 Å². The number of anilines is 3. The topological polar surface area (TPSA) is 201 Å². The lowest BCUT2D eigenvalue weighted by Gasteiger charge is -2.41. The van der Waals surface area contributed by atoms with Crippen molar-refractivity contribution in [1.29, 1.82) is 0 Å². The van der Waals surface area contributed by atoms with Crippen LogP contribution in [0, 0.1) is 16.6 Å². The van der Waals surface area contributed by atoms with Gasteiger partial charge in [-0.2, -0.15) is 4.98 Å². The van der Waals surface area contributed by atoms with E-state index in [1.807, 2.05) is 126 Å². The molecular weight excluding hydrogens is 1010 g/mol. The standard InChI is InChI=1S/C33H37N5O3.C21H19ClFN3O3.C7H9N/c1-40-28-19-26-27(20-29(28)41-2)36-32(37-30(26)35-25-13-14-25)38-17-15-33(16-18-38,21-23-9-5-3-6-10-23)31(39)34-22-24-11-7-4-8-12-24;22-15-11-17-14(10-16(15)23)18(27)25-20(24-17)26-8-6-21(7-9-26,19(28)29)12-13-4-2-1-3-5-13;8-6-7-4-2-1-3-5-7/h3-12,19-20,25H,13-18,21-22H2,1-2H3,(H,34,39)(H,35,36,37);1-5,10-11H,6-9,12H2,(H,28,29)(H,24,25,27);1-5H,6,8H2. The Balaban J connectivity index is 0.000000173. The Morgan fingerprint density at radius 2 is 1.21 bits per heavy atom. The molecule has 0 atom stereocenters. The fourth-order valence-corrected chi connectivity index (χ4v) is 10.3. The van der Waals surface area contributed by atoms with Crippen molar-refractivity contribution in [1.82, 2.24) is 25.3 Å². The van der Waals surface area contributed by atoms with Gasteiger partial charge in [-0.15, -0.1) is 0 Å². The Bertz CT molecular complexity index is 3370. The molecule has 3 fully saturated rings. The minimum Gasteiger partial charge on any atom is -0.493 e. The molecule has 0 radical (unpaired) electrons. The highest BCUT2D eigenvalue weighted by molar-refractivity contribution is 6.31. The zero-order valence-electron chi connectivity index (χ0n) is 43.9. The molecule has 0 spiro atoms. The van der Waals surface area contributed by atoms with Gasteiger partial charge in [0.05, 0.1) is 46.5 Å². The summed E-state index contributed by atoms with van der Waals surface area (Å²) in [5.41, 5.74) is 9.08. The number of piperidine rings is 2. The van der Waals surface area contributed by atoms with Crippen LogP contribution in [-0.4, -0.2) is 83.4 Å². The van der Waals surface area contributed by atoms with E-state index < -0.39 is 28.2 Å². The summed E-state index contributed by atoms with van der Waals surface area (Å²) in [4.78, 5) is 59.4. The number of aliphatic carboxylic acids is 1. The molecule has 0 bridgehead atoms. The zero-order valence-corrected chi connectivity index (χ0v) is 44.6. The maximum Gasteiger partial charge on any atom is 0.310 e. The second-order valence-corrected chi connectivity index (χ2v) is 20.6. The fourth-order valence-electron chi connectivity index (χ4n) is 10.2. The number of rotatable bonds is 15. The molecule has 78 heavy (non-hydrogen) atoms. The van der Waals surface area contributed by atoms with Gasteiger partial charge in [-0.25, -0.2) is 14.4 Å². The van der Waals surface area contributed by atoms with Gasteiger partial charge in [0.2, 0.25) is 17.8 Å². The van der Waals surface area contributed by atoms with Crippen molar-refractivity contribution < 1.29 is 28.6 Å². The molecule has 15 nitrogen and oxygen atoms in total. The number of halogens is 2. The van der Waals surface area contributed by atoms with Crippen LogP contribution in [0.4, 0.5) is 22.1 Å². The molecule has 2 aromatic heterocycles. The van der Waals surface area contributed by atoms with Crippen LogP contribution in [0.25, 0.3) is 21.8 Å². The SMILES string of the molecule is COc1cc2nc(N3CCC(Cc4ccccc4)(C(=O)NCc4ccccc4)CC3)nc(NC3CC3)c2cc1OC.NCc1ccccc1.O=C(O)C1(Cc2ccccc2)CCN(c2nc3cc(Cl)c(F)cc3c(=O)[nH]2)CC1. The monoisotopic (exact) mass is 1070 g/mol. The van der Waals surface area contributed by atoms with E-state index in [1.165, 1.54) is 17.2 Å². The molecule has 11 rings (SSSR count). The zero-order chi connectivity index (χ0) is 54.7. The number of fused-ring (bicyclic) bond motifs is 2. The second-order valence-electron chi connectivity index (χ2n) is 20.2. The summed E-state index contributed by atoms with van der Waals surface area (Å²) in [6, 6.07) is 46.7. The molecule has 4 heterocycles. The molecular formula is C61H65ClFN9O6. The van der Waals surface area contributed by atoms with Gasteiger partial charge in [0.25, 0.3) is 5.56 Å². The van der Waals surface area contributed by atoms with Gasteiger partial charge < -0.3 is 40.7 Å². The van der Waals surface area contributed by atoms with Gasteiger partial charge in [-0.05, 0) is 91.8 Å². The number of H-pyrrole nitrogens is 1. The highest BCUT2D eigenvalue weighted by atomic mass is 35.5. The van der Waals surface area contributed by atoms with Crippen LogP contribution in [0.3, 0.4) is 0 Å². The minimum absolute atomic E-state index is 0.104. The lowest BCUT2D eigenvalue weighted by Crippen LogP contribution is -2.50. The summed E-state index contributed by atoms with van der Waals surface area (Å²) in [6.45, 7) is 3.40. The minimum atomic E-state index is -0.860. The number of nitrogens with zero attached hydrogens (tertiary/aromatic N) is 5. The number of aromatic amines is 1. The summed E-state index contributed by atoms with van der Waals surface area (Å²) in [6.07, 6.45) is 5.69. The molecule has 1 aliphatic carbocycles. The number of benzene rings is 6. The fraction of sp³-hybridized carbons (Fsp3) is 0.311. The van der Waals surface area contributed by atoms with E-state index in [0.29, 0.717) is 113 Å². The van der Waals surface area contributed by atoms with E-state index in [9.17, 15) is 23.9 Å². The Morgan fingerprint density at radius 3 is 1.74 bits per heavy atom. The van der Waals surface area contributed by atoms with E-state index in [0.717, 1.165) is 46.8 Å². The molecule has 6 N–H and O–H groups in total. The normalized spacial score (nSPS) is 15.5. The summed E-state index contributed by atoms with van der Waals surface area (Å²) in [5, 5.41) is 17.7.